The van der Waals surface area contributed by atoms with Gasteiger partial charge in [0.1, 0.15) is 12.3 Å². The lowest BCUT2D eigenvalue weighted by Gasteiger charge is -2.22. The van der Waals surface area contributed by atoms with Gasteiger partial charge in [0.25, 0.3) is 5.91 Å². The van der Waals surface area contributed by atoms with Crippen molar-refractivity contribution in [3.05, 3.63) is 58.6 Å². The van der Waals surface area contributed by atoms with Crippen molar-refractivity contribution in [2.45, 2.75) is 0 Å². The van der Waals surface area contributed by atoms with Crippen LogP contribution in [0.4, 0.5) is 5.69 Å². The summed E-state index contributed by atoms with van der Waals surface area (Å²) in [4.78, 5) is 12.1. The zero-order valence-corrected chi connectivity index (χ0v) is 15.7. The molecule has 0 saturated heterocycles. The molecule has 0 radical (unpaired) electrons. The lowest BCUT2D eigenvalue weighted by atomic mass is 10.2. The van der Waals surface area contributed by atoms with Gasteiger partial charge in [-0.25, -0.2) is 13.8 Å². The summed E-state index contributed by atoms with van der Waals surface area (Å²) in [6, 6.07) is 13.2. The minimum atomic E-state index is -3.67. The van der Waals surface area contributed by atoms with E-state index in [0.29, 0.717) is 15.7 Å². The van der Waals surface area contributed by atoms with Crippen molar-refractivity contribution >= 4 is 43.8 Å². The van der Waals surface area contributed by atoms with Gasteiger partial charge in [-0.1, -0.05) is 24.3 Å². The molecule has 1 amide bonds. The van der Waals surface area contributed by atoms with Crippen molar-refractivity contribution in [1.82, 2.24) is 5.43 Å². The van der Waals surface area contributed by atoms with Gasteiger partial charge in [0.2, 0.25) is 10.0 Å². The van der Waals surface area contributed by atoms with E-state index in [-0.39, 0.29) is 5.75 Å². The van der Waals surface area contributed by atoms with Gasteiger partial charge in [-0.15, -0.1) is 0 Å². The molecule has 0 spiro atoms. The highest BCUT2D eigenvalue weighted by atomic mass is 79.9. The second-order valence-electron chi connectivity index (χ2n) is 5.07. The molecule has 0 heterocycles. The van der Waals surface area contributed by atoms with Crippen LogP contribution in [-0.2, 0) is 14.8 Å². The van der Waals surface area contributed by atoms with E-state index in [0.717, 1.165) is 10.6 Å². The molecule has 2 N–H and O–H groups in total. The standard InChI is InChI=1S/C16H16BrN3O4S/c1-25(23,24)20(14-8-4-3-7-13(14)17)11-16(22)19-18-10-12-6-2-5-9-15(12)21/h2-10,21H,11H2,1H3,(H,19,22)/b18-10-. The van der Waals surface area contributed by atoms with Crippen LogP contribution in [0.1, 0.15) is 5.56 Å². The monoisotopic (exact) mass is 425 g/mol. The molecule has 0 aliphatic heterocycles. The Hall–Kier alpha value is -2.39. The third kappa shape index (κ3) is 5.30. The van der Waals surface area contributed by atoms with Gasteiger partial charge in [0, 0.05) is 10.0 Å². The van der Waals surface area contributed by atoms with E-state index in [4.69, 9.17) is 0 Å². The normalized spacial score (nSPS) is 11.4. The molecule has 0 bridgehead atoms. The summed E-state index contributed by atoms with van der Waals surface area (Å²) in [5, 5.41) is 13.3. The third-order valence-electron chi connectivity index (χ3n) is 3.14. The van der Waals surface area contributed by atoms with Crippen molar-refractivity contribution < 1.29 is 18.3 Å². The molecule has 0 aromatic heterocycles. The number of phenolic OH excluding ortho intramolecular Hbond substituents is 1. The van der Waals surface area contributed by atoms with Crippen LogP contribution in [0.25, 0.3) is 0 Å². The average Bonchev–Trinajstić information content (AvgIpc) is 2.54. The second-order valence-corrected chi connectivity index (χ2v) is 7.83. The van der Waals surface area contributed by atoms with Crippen molar-refractivity contribution in [3.63, 3.8) is 0 Å². The number of hydrazone groups is 1. The maximum absolute atomic E-state index is 12.1. The Balaban J connectivity index is 2.11. The number of carbonyl (C=O) groups excluding carboxylic acids is 1. The van der Waals surface area contributed by atoms with Crippen molar-refractivity contribution in [3.8, 4) is 5.75 Å². The van der Waals surface area contributed by atoms with E-state index in [1.807, 2.05) is 0 Å². The average molecular weight is 426 g/mol. The number of sulfonamides is 1. The molecule has 0 aliphatic rings. The summed E-state index contributed by atoms with van der Waals surface area (Å²) in [5.41, 5.74) is 3.02. The number of nitrogens with one attached hydrogen (secondary N) is 1. The molecule has 132 valence electrons. The van der Waals surface area contributed by atoms with Crippen LogP contribution >= 0.6 is 15.9 Å². The van der Waals surface area contributed by atoms with Crippen LogP contribution in [0.3, 0.4) is 0 Å². The number of amides is 1. The molecular weight excluding hydrogens is 410 g/mol. The van der Waals surface area contributed by atoms with Crippen molar-refractivity contribution in [1.29, 1.82) is 0 Å². The first-order chi connectivity index (χ1) is 11.8. The summed E-state index contributed by atoms with van der Waals surface area (Å²) in [6.07, 6.45) is 2.29. The smallest absolute Gasteiger partial charge is 0.260 e. The van der Waals surface area contributed by atoms with Gasteiger partial charge < -0.3 is 5.11 Å². The largest absolute Gasteiger partial charge is 0.507 e. The van der Waals surface area contributed by atoms with Gasteiger partial charge in [0.05, 0.1) is 18.2 Å². The van der Waals surface area contributed by atoms with Crippen LogP contribution in [-0.4, -0.2) is 38.4 Å². The third-order valence-corrected chi connectivity index (χ3v) is 4.94. The fourth-order valence-electron chi connectivity index (χ4n) is 1.97. The van der Waals surface area contributed by atoms with Gasteiger partial charge >= 0.3 is 0 Å². The maximum atomic E-state index is 12.1. The van der Waals surface area contributed by atoms with Gasteiger partial charge in [-0.3, -0.25) is 9.10 Å². The van der Waals surface area contributed by atoms with Gasteiger partial charge in [-0.2, -0.15) is 5.10 Å². The number of nitrogens with zero attached hydrogens (tertiary/aromatic N) is 2. The zero-order chi connectivity index (χ0) is 18.4. The first-order valence-corrected chi connectivity index (χ1v) is 9.75. The van der Waals surface area contributed by atoms with Crippen molar-refractivity contribution in [2.24, 2.45) is 5.10 Å². The Morgan fingerprint density at radius 3 is 2.52 bits per heavy atom. The number of para-hydroxylation sites is 2. The number of hydrogen-bond acceptors (Lipinski definition) is 5. The summed E-state index contributed by atoms with van der Waals surface area (Å²) in [5.74, 6) is -0.598. The predicted molar refractivity (Wildman–Crippen MR) is 100 cm³/mol. The number of benzene rings is 2. The highest BCUT2D eigenvalue weighted by Crippen LogP contribution is 2.27. The predicted octanol–water partition coefficient (Wildman–Crippen LogP) is 2.07. The van der Waals surface area contributed by atoms with Crippen LogP contribution in [0.2, 0.25) is 0 Å². The number of halogens is 1. The summed E-state index contributed by atoms with van der Waals surface area (Å²) < 4.78 is 25.5. The molecular formula is C16H16BrN3O4S. The first kappa shape index (κ1) is 18.9. The Kier molecular flexibility index (Phi) is 6.16. The molecule has 2 aromatic carbocycles. The molecule has 9 heteroatoms. The van der Waals surface area contributed by atoms with E-state index >= 15 is 0 Å². The van der Waals surface area contributed by atoms with Gasteiger partial charge in [0.15, 0.2) is 0 Å². The van der Waals surface area contributed by atoms with Crippen LogP contribution in [0.15, 0.2) is 58.1 Å². The number of carbonyl (C=O) groups is 1. The Morgan fingerprint density at radius 2 is 1.88 bits per heavy atom. The second kappa shape index (κ2) is 8.13. The van der Waals surface area contributed by atoms with E-state index in [1.54, 1.807) is 42.5 Å². The molecule has 0 unspecified atom stereocenters. The van der Waals surface area contributed by atoms with E-state index in [9.17, 15) is 18.3 Å². The highest BCUT2D eigenvalue weighted by molar-refractivity contribution is 9.10. The Morgan fingerprint density at radius 1 is 1.24 bits per heavy atom. The summed E-state index contributed by atoms with van der Waals surface area (Å²) in [6.45, 7) is -0.431. The molecule has 25 heavy (non-hydrogen) atoms. The number of aromatic hydroxyl groups is 1. The van der Waals surface area contributed by atoms with Crippen LogP contribution in [0, 0.1) is 0 Å². The molecule has 2 aromatic rings. The fraction of sp³-hybridized carbons (Fsp3) is 0.125. The van der Waals surface area contributed by atoms with Crippen molar-refractivity contribution in [2.75, 3.05) is 17.1 Å². The van der Waals surface area contributed by atoms with Crippen LogP contribution in [0.5, 0.6) is 5.75 Å². The molecule has 0 aliphatic carbocycles. The number of rotatable bonds is 6. The quantitative estimate of drug-likeness (QED) is 0.546. The molecule has 0 fully saturated rings. The molecule has 7 nitrogen and oxygen atoms in total. The number of anilines is 1. The maximum Gasteiger partial charge on any atom is 0.260 e. The molecule has 0 atom stereocenters. The SMILES string of the molecule is CS(=O)(=O)N(CC(=O)N/N=C\c1ccccc1O)c1ccccc1Br. The summed E-state index contributed by atoms with van der Waals surface area (Å²) in [7, 11) is -3.67. The fourth-order valence-corrected chi connectivity index (χ4v) is 3.46. The lowest BCUT2D eigenvalue weighted by Crippen LogP contribution is -2.39. The van der Waals surface area contributed by atoms with E-state index < -0.39 is 22.5 Å². The minimum absolute atomic E-state index is 0.0199. The van der Waals surface area contributed by atoms with E-state index in [1.165, 1.54) is 12.3 Å². The number of phenols is 1. The Labute approximate surface area is 154 Å². The lowest BCUT2D eigenvalue weighted by molar-refractivity contribution is -0.119. The van der Waals surface area contributed by atoms with Gasteiger partial charge in [-0.05, 0) is 40.2 Å². The summed E-state index contributed by atoms with van der Waals surface area (Å²) >= 11 is 3.28. The van der Waals surface area contributed by atoms with E-state index in [2.05, 4.69) is 26.5 Å². The minimum Gasteiger partial charge on any atom is -0.507 e. The number of hydrogen-bond donors (Lipinski definition) is 2. The molecule has 2 rings (SSSR count). The topological polar surface area (TPSA) is 99.1 Å². The Bertz CT molecular complexity index is 900. The molecule has 0 saturated carbocycles. The highest BCUT2D eigenvalue weighted by Gasteiger charge is 2.22. The zero-order valence-electron chi connectivity index (χ0n) is 13.3. The van der Waals surface area contributed by atoms with Crippen LogP contribution < -0.4 is 9.73 Å². The first-order valence-electron chi connectivity index (χ1n) is 7.11.